The Balaban J connectivity index is 2.11. The molecule has 0 saturated carbocycles. The van der Waals surface area contributed by atoms with Gasteiger partial charge in [0, 0.05) is 0 Å². The van der Waals surface area contributed by atoms with Crippen LogP contribution >= 0.6 is 22.6 Å². The summed E-state index contributed by atoms with van der Waals surface area (Å²) in [6.07, 6.45) is 0.0202. The van der Waals surface area contributed by atoms with Gasteiger partial charge in [0.25, 0.3) is 0 Å². The van der Waals surface area contributed by atoms with Gasteiger partial charge in [-0.15, -0.1) is 0 Å². The van der Waals surface area contributed by atoms with Crippen molar-refractivity contribution in [3.8, 4) is 11.5 Å². The summed E-state index contributed by atoms with van der Waals surface area (Å²) in [5.41, 5.74) is 1.13. The number of ether oxygens (including phenoxy) is 2. The van der Waals surface area contributed by atoms with Crippen LogP contribution in [0.25, 0.3) is 0 Å². The molecule has 1 atom stereocenters. The maximum Gasteiger partial charge on any atom is 0.133 e. The molecule has 0 N–H and O–H groups in total. The van der Waals surface area contributed by atoms with Gasteiger partial charge in [0.05, 0.1) is 10.7 Å². The highest BCUT2D eigenvalue weighted by molar-refractivity contribution is 14.1. The Hall–Kier alpha value is -1.23. The molecule has 0 aliphatic heterocycles. The Bertz CT molecular complexity index is 508. The topological polar surface area (TPSA) is 18.5 Å². The maximum atomic E-state index is 5.96. The van der Waals surface area contributed by atoms with Gasteiger partial charge < -0.3 is 9.47 Å². The molecule has 0 radical (unpaired) electrons. The van der Waals surface area contributed by atoms with E-state index in [0.29, 0.717) is 0 Å². The fourth-order valence-corrected chi connectivity index (χ4v) is 2.19. The minimum atomic E-state index is 0.0202. The van der Waals surface area contributed by atoms with Crippen LogP contribution in [0.1, 0.15) is 18.6 Å². The maximum absolute atomic E-state index is 5.96. The molecular formula is C15H15IO2. The quantitative estimate of drug-likeness (QED) is 0.756. The van der Waals surface area contributed by atoms with E-state index in [2.05, 4.69) is 22.6 Å². The Kier molecular flexibility index (Phi) is 4.47. The monoisotopic (exact) mass is 354 g/mol. The van der Waals surface area contributed by atoms with Gasteiger partial charge >= 0.3 is 0 Å². The van der Waals surface area contributed by atoms with Crippen molar-refractivity contribution in [2.45, 2.75) is 13.0 Å². The molecule has 18 heavy (non-hydrogen) atoms. The van der Waals surface area contributed by atoms with E-state index in [1.807, 2.05) is 55.5 Å². The molecule has 2 aromatic rings. The number of hydrogen-bond acceptors (Lipinski definition) is 2. The van der Waals surface area contributed by atoms with Crippen molar-refractivity contribution in [2.24, 2.45) is 0 Å². The molecule has 0 spiro atoms. The smallest absolute Gasteiger partial charge is 0.133 e. The highest BCUT2D eigenvalue weighted by Crippen LogP contribution is 2.26. The van der Waals surface area contributed by atoms with Crippen molar-refractivity contribution in [1.29, 1.82) is 0 Å². The third-order valence-electron chi connectivity index (χ3n) is 2.73. The predicted molar refractivity (Wildman–Crippen MR) is 81.2 cm³/mol. The summed E-state index contributed by atoms with van der Waals surface area (Å²) in [7, 11) is 1.67. The van der Waals surface area contributed by atoms with Gasteiger partial charge in [-0.05, 0) is 59.3 Å². The van der Waals surface area contributed by atoms with E-state index in [-0.39, 0.29) is 6.10 Å². The molecule has 3 heteroatoms. The van der Waals surface area contributed by atoms with E-state index in [1.54, 1.807) is 7.11 Å². The van der Waals surface area contributed by atoms with E-state index in [4.69, 9.17) is 9.47 Å². The summed E-state index contributed by atoms with van der Waals surface area (Å²) in [4.78, 5) is 0. The fourth-order valence-electron chi connectivity index (χ4n) is 1.67. The summed E-state index contributed by atoms with van der Waals surface area (Å²) < 4.78 is 12.2. The first-order chi connectivity index (χ1) is 8.70. The second-order valence-corrected chi connectivity index (χ2v) is 5.13. The molecule has 2 rings (SSSR count). The first-order valence-corrected chi connectivity index (χ1v) is 6.83. The predicted octanol–water partition coefficient (Wildman–Crippen LogP) is 4.44. The molecule has 0 amide bonds. The van der Waals surface area contributed by atoms with Crippen molar-refractivity contribution < 1.29 is 9.47 Å². The van der Waals surface area contributed by atoms with Crippen LogP contribution in [-0.2, 0) is 0 Å². The Labute approximate surface area is 121 Å². The molecule has 0 aromatic heterocycles. The van der Waals surface area contributed by atoms with Gasteiger partial charge in [-0.3, -0.25) is 0 Å². The lowest BCUT2D eigenvalue weighted by Gasteiger charge is -2.16. The van der Waals surface area contributed by atoms with Gasteiger partial charge in [0.15, 0.2) is 0 Å². The lowest BCUT2D eigenvalue weighted by Crippen LogP contribution is -2.03. The minimum Gasteiger partial charge on any atom is -0.497 e. The summed E-state index contributed by atoms with van der Waals surface area (Å²) in [6.45, 7) is 2.05. The third-order valence-corrected chi connectivity index (χ3v) is 3.62. The van der Waals surface area contributed by atoms with E-state index >= 15 is 0 Å². The number of hydrogen-bond donors (Lipinski definition) is 0. The summed E-state index contributed by atoms with van der Waals surface area (Å²) >= 11 is 2.28. The van der Waals surface area contributed by atoms with Gasteiger partial charge in [-0.1, -0.05) is 24.3 Å². The Morgan fingerprint density at radius 2 is 1.67 bits per heavy atom. The average Bonchev–Trinajstić information content (AvgIpc) is 2.41. The zero-order valence-corrected chi connectivity index (χ0v) is 12.5. The summed E-state index contributed by atoms with van der Waals surface area (Å²) in [5.74, 6) is 1.78. The fraction of sp³-hybridized carbons (Fsp3) is 0.200. The van der Waals surface area contributed by atoms with Crippen LogP contribution in [0.4, 0.5) is 0 Å². The molecule has 0 heterocycles. The van der Waals surface area contributed by atoms with Crippen LogP contribution in [0.2, 0.25) is 0 Å². The molecule has 0 aliphatic rings. The molecule has 0 bridgehead atoms. The molecule has 0 saturated heterocycles. The number of rotatable bonds is 4. The number of halogens is 1. The normalized spacial score (nSPS) is 11.9. The van der Waals surface area contributed by atoms with Crippen molar-refractivity contribution in [3.63, 3.8) is 0 Å². The lowest BCUT2D eigenvalue weighted by molar-refractivity contribution is 0.225. The SMILES string of the molecule is COc1ccc(C(C)Oc2ccccc2I)cc1. The van der Waals surface area contributed by atoms with Gasteiger partial charge in [-0.25, -0.2) is 0 Å². The van der Waals surface area contributed by atoms with E-state index in [1.165, 1.54) is 0 Å². The molecule has 1 unspecified atom stereocenters. The number of benzene rings is 2. The first-order valence-electron chi connectivity index (χ1n) is 5.76. The Morgan fingerprint density at radius 3 is 2.28 bits per heavy atom. The van der Waals surface area contributed by atoms with Crippen LogP contribution in [0.3, 0.4) is 0 Å². The van der Waals surface area contributed by atoms with E-state index in [9.17, 15) is 0 Å². The van der Waals surface area contributed by atoms with Crippen molar-refractivity contribution in [2.75, 3.05) is 7.11 Å². The van der Waals surface area contributed by atoms with Crippen LogP contribution in [0.5, 0.6) is 11.5 Å². The zero-order valence-electron chi connectivity index (χ0n) is 10.4. The highest BCUT2D eigenvalue weighted by atomic mass is 127. The first kappa shape index (κ1) is 13.2. The van der Waals surface area contributed by atoms with Crippen molar-refractivity contribution in [3.05, 3.63) is 57.7 Å². The summed E-state index contributed by atoms with van der Waals surface area (Å²) in [5, 5.41) is 0. The zero-order chi connectivity index (χ0) is 13.0. The summed E-state index contributed by atoms with van der Waals surface area (Å²) in [6, 6.07) is 16.0. The van der Waals surface area contributed by atoms with Gasteiger partial charge in [0.2, 0.25) is 0 Å². The molecule has 2 nitrogen and oxygen atoms in total. The van der Waals surface area contributed by atoms with Crippen LogP contribution < -0.4 is 9.47 Å². The van der Waals surface area contributed by atoms with Crippen LogP contribution in [0.15, 0.2) is 48.5 Å². The van der Waals surface area contributed by atoms with E-state index < -0.39 is 0 Å². The van der Waals surface area contributed by atoms with E-state index in [0.717, 1.165) is 20.6 Å². The minimum absolute atomic E-state index is 0.0202. The van der Waals surface area contributed by atoms with Crippen LogP contribution in [0, 0.1) is 3.57 Å². The number of para-hydroxylation sites is 1. The van der Waals surface area contributed by atoms with Crippen molar-refractivity contribution in [1.82, 2.24) is 0 Å². The highest BCUT2D eigenvalue weighted by Gasteiger charge is 2.09. The van der Waals surface area contributed by atoms with Gasteiger partial charge in [0.1, 0.15) is 17.6 Å². The number of methoxy groups -OCH3 is 1. The second-order valence-electron chi connectivity index (χ2n) is 3.96. The van der Waals surface area contributed by atoms with Gasteiger partial charge in [-0.2, -0.15) is 0 Å². The third kappa shape index (κ3) is 3.16. The molecule has 2 aromatic carbocycles. The van der Waals surface area contributed by atoms with Crippen LogP contribution in [-0.4, -0.2) is 7.11 Å². The average molecular weight is 354 g/mol. The molecule has 94 valence electrons. The molecule has 0 fully saturated rings. The molecule has 0 aliphatic carbocycles. The lowest BCUT2D eigenvalue weighted by atomic mass is 10.1. The van der Waals surface area contributed by atoms with Crippen molar-refractivity contribution >= 4 is 22.6 Å². The second kappa shape index (κ2) is 6.09. The molecular weight excluding hydrogens is 339 g/mol. The Morgan fingerprint density at radius 1 is 1.00 bits per heavy atom. The standard InChI is InChI=1S/C15H15IO2/c1-11(12-7-9-13(17-2)10-8-12)18-15-6-4-3-5-14(15)16/h3-11H,1-2H3. The largest absolute Gasteiger partial charge is 0.497 e.